The standard InChI is InChI=1S/C17H24N2O2/c1-2-3-9-19(10-6-11-20)13-15-12-14-7-4-5-8-16(14)18-17(15)21/h4-5,7-8,12,20H,2-3,6,9-11,13H2,1H3,(H,18,21). The molecule has 0 atom stereocenters. The molecule has 114 valence electrons. The molecule has 2 N–H and O–H groups in total. The van der Waals surface area contributed by atoms with Crippen LogP contribution in [-0.4, -0.2) is 34.7 Å². The van der Waals surface area contributed by atoms with Gasteiger partial charge in [-0.2, -0.15) is 0 Å². The van der Waals surface area contributed by atoms with Crippen LogP contribution >= 0.6 is 0 Å². The smallest absolute Gasteiger partial charge is 0.252 e. The molecule has 0 radical (unpaired) electrons. The first kappa shape index (κ1) is 15.7. The molecule has 4 heteroatoms. The van der Waals surface area contributed by atoms with Crippen LogP contribution in [0.4, 0.5) is 0 Å². The van der Waals surface area contributed by atoms with E-state index in [2.05, 4.69) is 16.8 Å². The molecule has 4 nitrogen and oxygen atoms in total. The molecule has 0 saturated heterocycles. The van der Waals surface area contributed by atoms with E-state index in [1.165, 1.54) is 0 Å². The van der Waals surface area contributed by atoms with Crippen molar-refractivity contribution in [2.45, 2.75) is 32.7 Å². The Kier molecular flexibility index (Phi) is 5.96. The zero-order valence-corrected chi connectivity index (χ0v) is 12.6. The van der Waals surface area contributed by atoms with Crippen molar-refractivity contribution in [3.05, 3.63) is 46.2 Å². The summed E-state index contributed by atoms with van der Waals surface area (Å²) >= 11 is 0. The van der Waals surface area contributed by atoms with Gasteiger partial charge in [0.05, 0.1) is 0 Å². The second-order valence-electron chi connectivity index (χ2n) is 5.42. The summed E-state index contributed by atoms with van der Waals surface area (Å²) in [5, 5.41) is 10.1. The van der Waals surface area contributed by atoms with Gasteiger partial charge in [-0.25, -0.2) is 0 Å². The van der Waals surface area contributed by atoms with Crippen molar-refractivity contribution >= 4 is 10.9 Å². The lowest BCUT2D eigenvalue weighted by molar-refractivity contribution is 0.216. The summed E-state index contributed by atoms with van der Waals surface area (Å²) in [6, 6.07) is 9.81. The molecule has 1 aromatic heterocycles. The van der Waals surface area contributed by atoms with Gasteiger partial charge in [0.2, 0.25) is 0 Å². The van der Waals surface area contributed by atoms with Crippen molar-refractivity contribution in [1.82, 2.24) is 9.88 Å². The van der Waals surface area contributed by atoms with Crippen LogP contribution in [0.1, 0.15) is 31.7 Å². The first-order valence-electron chi connectivity index (χ1n) is 7.68. The summed E-state index contributed by atoms with van der Waals surface area (Å²) in [6.07, 6.45) is 2.98. The van der Waals surface area contributed by atoms with E-state index in [9.17, 15) is 4.79 Å². The summed E-state index contributed by atoms with van der Waals surface area (Å²) < 4.78 is 0. The number of benzene rings is 1. The maximum Gasteiger partial charge on any atom is 0.252 e. The maximum absolute atomic E-state index is 12.2. The van der Waals surface area contributed by atoms with Crippen LogP contribution in [0.25, 0.3) is 10.9 Å². The van der Waals surface area contributed by atoms with Crippen molar-refractivity contribution < 1.29 is 5.11 Å². The van der Waals surface area contributed by atoms with Crippen LogP contribution < -0.4 is 5.56 Å². The summed E-state index contributed by atoms with van der Waals surface area (Å²) in [7, 11) is 0. The molecule has 0 bridgehead atoms. The first-order chi connectivity index (χ1) is 10.2. The Labute approximate surface area is 125 Å². The topological polar surface area (TPSA) is 56.3 Å². The third kappa shape index (κ3) is 4.41. The Bertz CT molecular complexity index is 613. The van der Waals surface area contributed by atoms with Gasteiger partial charge >= 0.3 is 0 Å². The fourth-order valence-electron chi connectivity index (χ4n) is 2.50. The van der Waals surface area contributed by atoms with Gasteiger partial charge in [0, 0.05) is 30.8 Å². The molecule has 0 spiro atoms. The average Bonchev–Trinajstić information content (AvgIpc) is 2.50. The van der Waals surface area contributed by atoms with Gasteiger partial charge in [-0.3, -0.25) is 9.69 Å². The number of aliphatic hydroxyl groups excluding tert-OH is 1. The zero-order chi connectivity index (χ0) is 15.1. The van der Waals surface area contributed by atoms with Crippen molar-refractivity contribution in [2.24, 2.45) is 0 Å². The highest BCUT2D eigenvalue weighted by Crippen LogP contribution is 2.12. The number of fused-ring (bicyclic) bond motifs is 1. The highest BCUT2D eigenvalue weighted by molar-refractivity contribution is 5.78. The molecule has 2 rings (SSSR count). The molecule has 0 unspecified atom stereocenters. The average molecular weight is 288 g/mol. The maximum atomic E-state index is 12.2. The number of unbranched alkanes of at least 4 members (excludes halogenated alkanes) is 1. The van der Waals surface area contributed by atoms with Gasteiger partial charge in [-0.15, -0.1) is 0 Å². The van der Waals surface area contributed by atoms with E-state index in [1.54, 1.807) is 0 Å². The number of hydrogen-bond acceptors (Lipinski definition) is 3. The van der Waals surface area contributed by atoms with Gasteiger partial charge in [-0.05, 0) is 36.9 Å². The minimum Gasteiger partial charge on any atom is -0.396 e. The molecule has 0 aliphatic carbocycles. The lowest BCUT2D eigenvalue weighted by atomic mass is 10.1. The molecule has 0 fully saturated rings. The molecule has 1 aromatic carbocycles. The summed E-state index contributed by atoms with van der Waals surface area (Å²) in [6.45, 7) is 4.77. The predicted octanol–water partition coefficient (Wildman–Crippen LogP) is 2.51. The van der Waals surface area contributed by atoms with Gasteiger partial charge < -0.3 is 10.1 Å². The SMILES string of the molecule is CCCCN(CCCO)Cc1cc2ccccc2[nH]c1=O. The largest absolute Gasteiger partial charge is 0.396 e. The van der Waals surface area contributed by atoms with Crippen LogP contribution in [0.15, 0.2) is 35.1 Å². The Balaban J connectivity index is 2.18. The van der Waals surface area contributed by atoms with Gasteiger partial charge in [0.25, 0.3) is 5.56 Å². The number of aromatic amines is 1. The normalized spacial score (nSPS) is 11.4. The fourth-order valence-corrected chi connectivity index (χ4v) is 2.50. The number of nitrogens with one attached hydrogen (secondary N) is 1. The Morgan fingerprint density at radius 2 is 1.95 bits per heavy atom. The predicted molar refractivity (Wildman–Crippen MR) is 86.5 cm³/mol. The molecule has 0 aliphatic rings. The van der Waals surface area contributed by atoms with Crippen molar-refractivity contribution in [3.63, 3.8) is 0 Å². The monoisotopic (exact) mass is 288 g/mol. The van der Waals surface area contributed by atoms with E-state index in [4.69, 9.17) is 5.11 Å². The number of H-pyrrole nitrogens is 1. The first-order valence-corrected chi connectivity index (χ1v) is 7.68. The quantitative estimate of drug-likeness (QED) is 0.784. The molecule has 2 aromatic rings. The molecule has 21 heavy (non-hydrogen) atoms. The molecule has 1 heterocycles. The van der Waals surface area contributed by atoms with E-state index in [0.717, 1.165) is 48.8 Å². The van der Waals surface area contributed by atoms with Crippen LogP contribution in [0, 0.1) is 0 Å². The minimum atomic E-state index is -0.0146. The number of rotatable bonds is 8. The Hall–Kier alpha value is -1.65. The Morgan fingerprint density at radius 3 is 2.71 bits per heavy atom. The number of nitrogens with zero attached hydrogens (tertiary/aromatic N) is 1. The van der Waals surface area contributed by atoms with Gasteiger partial charge in [0.1, 0.15) is 0 Å². The van der Waals surface area contributed by atoms with Crippen LogP contribution in [-0.2, 0) is 6.54 Å². The molecule has 0 aliphatic heterocycles. The Morgan fingerprint density at radius 1 is 1.19 bits per heavy atom. The van der Waals surface area contributed by atoms with Crippen LogP contribution in [0.5, 0.6) is 0 Å². The third-order valence-corrected chi connectivity index (χ3v) is 3.68. The number of para-hydroxylation sites is 1. The van der Waals surface area contributed by atoms with Crippen molar-refractivity contribution in [2.75, 3.05) is 19.7 Å². The fraction of sp³-hybridized carbons (Fsp3) is 0.471. The van der Waals surface area contributed by atoms with E-state index in [0.29, 0.717) is 6.54 Å². The van der Waals surface area contributed by atoms with E-state index in [-0.39, 0.29) is 12.2 Å². The summed E-state index contributed by atoms with van der Waals surface area (Å²) in [4.78, 5) is 17.4. The second-order valence-corrected chi connectivity index (χ2v) is 5.42. The number of pyridine rings is 1. The third-order valence-electron chi connectivity index (χ3n) is 3.68. The van der Waals surface area contributed by atoms with E-state index in [1.807, 2.05) is 30.3 Å². The van der Waals surface area contributed by atoms with Crippen LogP contribution in [0.2, 0.25) is 0 Å². The minimum absolute atomic E-state index is 0.0146. The highest BCUT2D eigenvalue weighted by Gasteiger charge is 2.09. The number of hydrogen-bond donors (Lipinski definition) is 2. The van der Waals surface area contributed by atoms with Gasteiger partial charge in [0.15, 0.2) is 0 Å². The molecule has 0 amide bonds. The molecular formula is C17H24N2O2. The second kappa shape index (κ2) is 7.96. The highest BCUT2D eigenvalue weighted by atomic mass is 16.3. The van der Waals surface area contributed by atoms with Crippen molar-refractivity contribution in [3.8, 4) is 0 Å². The summed E-state index contributed by atoms with van der Waals surface area (Å²) in [5.41, 5.74) is 1.66. The van der Waals surface area contributed by atoms with E-state index >= 15 is 0 Å². The molecular weight excluding hydrogens is 264 g/mol. The molecule has 0 saturated carbocycles. The number of aliphatic hydroxyl groups is 1. The lowest BCUT2D eigenvalue weighted by Crippen LogP contribution is -2.29. The number of aromatic nitrogens is 1. The van der Waals surface area contributed by atoms with Gasteiger partial charge in [-0.1, -0.05) is 31.5 Å². The summed E-state index contributed by atoms with van der Waals surface area (Å²) in [5.74, 6) is 0. The zero-order valence-electron chi connectivity index (χ0n) is 12.6. The lowest BCUT2D eigenvalue weighted by Gasteiger charge is -2.21. The van der Waals surface area contributed by atoms with Crippen molar-refractivity contribution in [1.29, 1.82) is 0 Å². The van der Waals surface area contributed by atoms with Crippen LogP contribution in [0.3, 0.4) is 0 Å². The van der Waals surface area contributed by atoms with E-state index < -0.39 is 0 Å².